The molecule has 0 atom stereocenters. The van der Waals surface area contributed by atoms with E-state index in [4.69, 9.17) is 15.2 Å². The zero-order valence-electron chi connectivity index (χ0n) is 16.8. The molecule has 2 aromatic rings. The number of ether oxygens (including phenoxy) is 2. The van der Waals surface area contributed by atoms with E-state index in [2.05, 4.69) is 25.3 Å². The molecule has 0 fully saturated rings. The van der Waals surface area contributed by atoms with E-state index in [1.54, 1.807) is 0 Å². The molecule has 1 aromatic heterocycles. The van der Waals surface area contributed by atoms with Gasteiger partial charge >= 0.3 is 0 Å². The van der Waals surface area contributed by atoms with Gasteiger partial charge in [-0.25, -0.2) is 0 Å². The average Bonchev–Trinajstić information content (AvgIpc) is 2.91. The summed E-state index contributed by atoms with van der Waals surface area (Å²) in [5.41, 5.74) is 10.5. The Hall–Kier alpha value is -2.43. The number of amides is 1. The normalized spacial score (nSPS) is 13.2. The third kappa shape index (κ3) is 3.82. The molecule has 0 radical (unpaired) electrons. The quantitative estimate of drug-likeness (QED) is 0.789. The molecule has 0 unspecified atom stereocenters. The Bertz CT molecular complexity index is 837. The summed E-state index contributed by atoms with van der Waals surface area (Å²) >= 11 is 0. The van der Waals surface area contributed by atoms with Gasteiger partial charge < -0.3 is 19.8 Å². The van der Waals surface area contributed by atoms with Gasteiger partial charge in [-0.1, -0.05) is 33.3 Å². The van der Waals surface area contributed by atoms with Gasteiger partial charge in [0.25, 0.3) is 5.91 Å². The topological polar surface area (TPSA) is 66.5 Å². The number of nitrogens with two attached hydrogens (primary N) is 1. The van der Waals surface area contributed by atoms with Crippen LogP contribution in [-0.4, -0.2) is 23.7 Å². The molecule has 27 heavy (non-hydrogen) atoms. The van der Waals surface area contributed by atoms with E-state index in [9.17, 15) is 4.79 Å². The Morgan fingerprint density at radius 3 is 2.56 bits per heavy atom. The second-order valence-corrected chi connectivity index (χ2v) is 7.59. The van der Waals surface area contributed by atoms with Gasteiger partial charge in [0.2, 0.25) is 0 Å². The van der Waals surface area contributed by atoms with Crippen molar-refractivity contribution in [3.05, 3.63) is 35.2 Å². The number of rotatable bonds is 7. The summed E-state index contributed by atoms with van der Waals surface area (Å²) in [6, 6.07) is 5.90. The van der Waals surface area contributed by atoms with Crippen LogP contribution in [0.25, 0.3) is 11.1 Å². The highest BCUT2D eigenvalue weighted by Gasteiger charge is 2.25. The number of primary amides is 1. The van der Waals surface area contributed by atoms with Crippen LogP contribution in [0, 0.1) is 12.8 Å². The molecule has 0 bridgehead atoms. The van der Waals surface area contributed by atoms with Crippen molar-refractivity contribution < 1.29 is 14.3 Å². The second kappa shape index (κ2) is 8.07. The number of carbonyl (C=O) groups is 1. The van der Waals surface area contributed by atoms with Crippen molar-refractivity contribution >= 4 is 5.91 Å². The number of benzene rings is 1. The van der Waals surface area contributed by atoms with Gasteiger partial charge in [0.05, 0.1) is 5.56 Å². The van der Waals surface area contributed by atoms with Crippen LogP contribution in [0.1, 0.15) is 55.4 Å². The van der Waals surface area contributed by atoms with Crippen molar-refractivity contribution in [2.45, 2.75) is 53.5 Å². The standard InChI is InChI=1S/C22H30N2O3/c1-5-6-17-21(16-7-8-18-19(13-16)27-12-11-26-18)20(22(23)25)15(4)24(17)10-9-14(2)3/h7-8,13-14H,5-6,9-12H2,1-4H3,(H2,23,25). The summed E-state index contributed by atoms with van der Waals surface area (Å²) in [6.45, 7) is 10.6. The number of hydrogen-bond donors (Lipinski definition) is 1. The molecule has 5 nitrogen and oxygen atoms in total. The Kier molecular flexibility index (Phi) is 5.78. The first-order chi connectivity index (χ1) is 12.9. The van der Waals surface area contributed by atoms with Gasteiger partial charge in [-0.05, 0) is 43.4 Å². The fourth-order valence-electron chi connectivity index (χ4n) is 3.80. The lowest BCUT2D eigenvalue weighted by molar-refractivity contribution is 0.1000. The minimum absolute atomic E-state index is 0.377. The molecule has 3 rings (SSSR count). The van der Waals surface area contributed by atoms with Gasteiger partial charge in [0.1, 0.15) is 13.2 Å². The van der Waals surface area contributed by atoms with Crippen molar-refractivity contribution in [1.29, 1.82) is 0 Å². The summed E-state index contributed by atoms with van der Waals surface area (Å²) in [5, 5.41) is 0. The van der Waals surface area contributed by atoms with E-state index in [-0.39, 0.29) is 5.91 Å². The molecule has 5 heteroatoms. The molecule has 0 spiro atoms. The van der Waals surface area contributed by atoms with E-state index in [0.717, 1.165) is 54.1 Å². The highest BCUT2D eigenvalue weighted by Crippen LogP contribution is 2.39. The lowest BCUT2D eigenvalue weighted by Crippen LogP contribution is -2.15. The fourth-order valence-corrected chi connectivity index (χ4v) is 3.80. The Balaban J connectivity index is 2.17. The molecule has 0 aliphatic carbocycles. The molecule has 1 aliphatic rings. The first kappa shape index (κ1) is 19.3. The van der Waals surface area contributed by atoms with Crippen LogP contribution in [0.3, 0.4) is 0 Å². The molecule has 0 saturated heterocycles. The Morgan fingerprint density at radius 1 is 1.22 bits per heavy atom. The minimum Gasteiger partial charge on any atom is -0.486 e. The van der Waals surface area contributed by atoms with E-state index in [0.29, 0.717) is 24.7 Å². The molecule has 2 heterocycles. The van der Waals surface area contributed by atoms with E-state index < -0.39 is 0 Å². The van der Waals surface area contributed by atoms with Gasteiger partial charge in [-0.15, -0.1) is 0 Å². The smallest absolute Gasteiger partial charge is 0.251 e. The third-order valence-corrected chi connectivity index (χ3v) is 5.13. The molecule has 1 amide bonds. The summed E-state index contributed by atoms with van der Waals surface area (Å²) in [4.78, 5) is 12.4. The number of aromatic nitrogens is 1. The lowest BCUT2D eigenvalue weighted by atomic mass is 9.97. The summed E-state index contributed by atoms with van der Waals surface area (Å²) in [7, 11) is 0. The largest absolute Gasteiger partial charge is 0.486 e. The lowest BCUT2D eigenvalue weighted by Gasteiger charge is -2.19. The van der Waals surface area contributed by atoms with E-state index in [1.807, 2.05) is 25.1 Å². The number of fused-ring (bicyclic) bond motifs is 1. The van der Waals surface area contributed by atoms with Crippen molar-refractivity contribution in [1.82, 2.24) is 4.57 Å². The summed E-state index contributed by atoms with van der Waals surface area (Å²) in [5.74, 6) is 1.69. The Morgan fingerprint density at radius 2 is 1.93 bits per heavy atom. The summed E-state index contributed by atoms with van der Waals surface area (Å²) in [6.07, 6.45) is 2.96. The van der Waals surface area contributed by atoms with Crippen LogP contribution >= 0.6 is 0 Å². The molecule has 1 aliphatic heterocycles. The van der Waals surface area contributed by atoms with Crippen LogP contribution in [0.5, 0.6) is 11.5 Å². The molecule has 1 aromatic carbocycles. The van der Waals surface area contributed by atoms with Crippen LogP contribution in [0.4, 0.5) is 0 Å². The van der Waals surface area contributed by atoms with Gasteiger partial charge in [-0.3, -0.25) is 4.79 Å². The van der Waals surface area contributed by atoms with Crippen LogP contribution in [0.15, 0.2) is 18.2 Å². The monoisotopic (exact) mass is 370 g/mol. The first-order valence-corrected chi connectivity index (χ1v) is 9.85. The van der Waals surface area contributed by atoms with E-state index in [1.165, 1.54) is 5.69 Å². The van der Waals surface area contributed by atoms with Crippen LogP contribution in [-0.2, 0) is 13.0 Å². The van der Waals surface area contributed by atoms with Gasteiger partial charge in [0, 0.05) is 23.5 Å². The first-order valence-electron chi connectivity index (χ1n) is 9.85. The molecular formula is C22H30N2O3. The van der Waals surface area contributed by atoms with Crippen LogP contribution in [0.2, 0.25) is 0 Å². The molecular weight excluding hydrogens is 340 g/mol. The maximum atomic E-state index is 12.4. The highest BCUT2D eigenvalue weighted by molar-refractivity contribution is 6.02. The molecule has 146 valence electrons. The number of hydrogen-bond acceptors (Lipinski definition) is 3. The van der Waals surface area contributed by atoms with Crippen molar-refractivity contribution in [2.24, 2.45) is 11.7 Å². The van der Waals surface area contributed by atoms with Crippen LogP contribution < -0.4 is 15.2 Å². The van der Waals surface area contributed by atoms with E-state index >= 15 is 0 Å². The molecule has 2 N–H and O–H groups in total. The maximum Gasteiger partial charge on any atom is 0.251 e. The van der Waals surface area contributed by atoms with Crippen molar-refractivity contribution in [3.8, 4) is 22.6 Å². The zero-order valence-corrected chi connectivity index (χ0v) is 16.8. The van der Waals surface area contributed by atoms with Gasteiger partial charge in [-0.2, -0.15) is 0 Å². The van der Waals surface area contributed by atoms with Gasteiger partial charge in [0.15, 0.2) is 11.5 Å². The minimum atomic E-state index is -0.377. The second-order valence-electron chi connectivity index (χ2n) is 7.59. The average molecular weight is 370 g/mol. The Labute approximate surface area is 161 Å². The maximum absolute atomic E-state index is 12.4. The predicted molar refractivity (Wildman–Crippen MR) is 108 cm³/mol. The third-order valence-electron chi connectivity index (χ3n) is 5.13. The van der Waals surface area contributed by atoms with Crippen molar-refractivity contribution in [2.75, 3.05) is 13.2 Å². The zero-order chi connectivity index (χ0) is 19.6. The SMILES string of the molecule is CCCc1c(-c2ccc3c(c2)OCCO3)c(C(N)=O)c(C)n1CCC(C)C. The summed E-state index contributed by atoms with van der Waals surface area (Å²) < 4.78 is 13.7. The molecule has 0 saturated carbocycles. The highest BCUT2D eigenvalue weighted by atomic mass is 16.6. The number of nitrogens with zero attached hydrogens (tertiary/aromatic N) is 1. The van der Waals surface area contributed by atoms with Crippen molar-refractivity contribution in [3.63, 3.8) is 0 Å². The fraction of sp³-hybridized carbons (Fsp3) is 0.500. The predicted octanol–water partition coefficient (Wildman–Crippen LogP) is 4.33. The number of carbonyl (C=O) groups excluding carboxylic acids is 1.